The molecule has 0 saturated heterocycles. The van der Waals surface area contributed by atoms with E-state index in [1.165, 1.54) is 33.3 Å². The number of hydrogen-bond acceptors (Lipinski definition) is 6. The molecule has 0 aliphatic heterocycles. The second kappa shape index (κ2) is 10.2. The first-order valence-corrected chi connectivity index (χ1v) is 11.7. The number of benzene rings is 1. The van der Waals surface area contributed by atoms with E-state index in [9.17, 15) is 4.79 Å². The number of aromatic nitrogens is 2. The Balaban J connectivity index is 1.60. The predicted molar refractivity (Wildman–Crippen MR) is 123 cm³/mol. The third-order valence-electron chi connectivity index (χ3n) is 5.15. The number of fused-ring (bicyclic) bond motifs is 1. The summed E-state index contributed by atoms with van der Waals surface area (Å²) in [4.78, 5) is 25.9. The van der Waals surface area contributed by atoms with Crippen molar-refractivity contribution in [3.63, 3.8) is 0 Å². The summed E-state index contributed by atoms with van der Waals surface area (Å²) in [5.41, 5.74) is 3.65. The molecule has 1 amide bonds. The van der Waals surface area contributed by atoms with Crippen molar-refractivity contribution in [2.45, 2.75) is 45.8 Å². The van der Waals surface area contributed by atoms with Crippen LogP contribution in [0.1, 0.15) is 35.4 Å². The molecular weight excluding hydrogens is 400 g/mol. The fraction of sp³-hybridized carbons (Fsp3) is 0.409. The Hall–Kier alpha value is -1.96. The van der Waals surface area contributed by atoms with Crippen LogP contribution in [0.3, 0.4) is 0 Å². The van der Waals surface area contributed by atoms with Crippen LogP contribution in [0.15, 0.2) is 35.6 Å². The molecule has 2 heterocycles. The lowest BCUT2D eigenvalue weighted by atomic mass is 10.1. The lowest BCUT2D eigenvalue weighted by Crippen LogP contribution is -2.27. The van der Waals surface area contributed by atoms with Crippen LogP contribution in [0.2, 0.25) is 0 Å². The van der Waals surface area contributed by atoms with Gasteiger partial charge in [0, 0.05) is 23.4 Å². The van der Waals surface area contributed by atoms with Crippen molar-refractivity contribution in [2.24, 2.45) is 0 Å². The maximum absolute atomic E-state index is 12.5. The molecule has 5 nitrogen and oxygen atoms in total. The molecule has 2 aromatic heterocycles. The van der Waals surface area contributed by atoms with Crippen LogP contribution in [0.4, 0.5) is 0 Å². The summed E-state index contributed by atoms with van der Waals surface area (Å²) in [5.74, 6) is 0.363. The highest BCUT2D eigenvalue weighted by Crippen LogP contribution is 2.34. The highest BCUT2D eigenvalue weighted by molar-refractivity contribution is 8.00. The Bertz CT molecular complexity index is 982. The third kappa shape index (κ3) is 5.35. The predicted octanol–water partition coefficient (Wildman–Crippen LogP) is 4.56. The molecule has 0 aliphatic carbocycles. The summed E-state index contributed by atoms with van der Waals surface area (Å²) in [7, 11) is 0. The van der Waals surface area contributed by atoms with E-state index in [4.69, 9.17) is 0 Å². The molecule has 0 saturated carbocycles. The molecule has 3 aromatic rings. The summed E-state index contributed by atoms with van der Waals surface area (Å²) >= 11 is 3.15. The number of amides is 1. The maximum atomic E-state index is 12.5. The van der Waals surface area contributed by atoms with Gasteiger partial charge in [-0.1, -0.05) is 49.9 Å². The Labute approximate surface area is 180 Å². The largest absolute Gasteiger partial charge is 0.351 e. The third-order valence-corrected chi connectivity index (χ3v) is 7.26. The zero-order chi connectivity index (χ0) is 20.8. The van der Waals surface area contributed by atoms with E-state index in [1.807, 2.05) is 6.07 Å². The molecule has 0 radical (unpaired) electrons. The summed E-state index contributed by atoms with van der Waals surface area (Å²) in [5, 5.41) is 5.03. The van der Waals surface area contributed by atoms with Gasteiger partial charge in [-0.2, -0.15) is 0 Å². The topological polar surface area (TPSA) is 58.1 Å². The molecule has 7 heteroatoms. The van der Waals surface area contributed by atoms with Crippen LogP contribution >= 0.6 is 23.1 Å². The molecule has 0 unspecified atom stereocenters. The first-order chi connectivity index (χ1) is 14.0. The SMILES string of the molecule is CCN(CC)Cc1ccccc1CNC(=O)CSc1ncnc2sc(C)c(C)c12. The standard InChI is InChI=1S/C22H28N4OS2/c1-5-26(6-2)12-18-10-8-7-9-17(18)11-23-19(27)13-28-21-20-15(3)16(4)29-22(20)25-14-24-21/h7-10,14H,5-6,11-13H2,1-4H3,(H,23,27). The number of nitrogens with one attached hydrogen (secondary N) is 1. The summed E-state index contributed by atoms with van der Waals surface area (Å²) in [6, 6.07) is 8.33. The van der Waals surface area contributed by atoms with Crippen molar-refractivity contribution in [3.8, 4) is 0 Å². The minimum atomic E-state index is 0.0176. The second-order valence-electron chi connectivity index (χ2n) is 6.94. The Kier molecular flexibility index (Phi) is 7.64. The summed E-state index contributed by atoms with van der Waals surface area (Å²) < 4.78 is 0. The fourth-order valence-corrected chi connectivity index (χ4v) is 5.16. The number of thioether (sulfide) groups is 1. The van der Waals surface area contributed by atoms with Crippen LogP contribution in [-0.2, 0) is 17.9 Å². The van der Waals surface area contributed by atoms with Crippen LogP contribution in [0.25, 0.3) is 10.2 Å². The lowest BCUT2D eigenvalue weighted by molar-refractivity contribution is -0.118. The monoisotopic (exact) mass is 428 g/mol. The molecule has 1 aromatic carbocycles. The Morgan fingerprint density at radius 1 is 1.14 bits per heavy atom. The van der Waals surface area contributed by atoms with Gasteiger partial charge in [0.15, 0.2) is 0 Å². The van der Waals surface area contributed by atoms with Crippen molar-refractivity contribution in [1.29, 1.82) is 0 Å². The number of aryl methyl sites for hydroxylation is 2. The molecule has 0 fully saturated rings. The first-order valence-electron chi connectivity index (χ1n) is 9.92. The fourth-order valence-electron chi connectivity index (χ4n) is 3.21. The number of carbonyl (C=O) groups is 1. The van der Waals surface area contributed by atoms with Crippen LogP contribution in [0.5, 0.6) is 0 Å². The smallest absolute Gasteiger partial charge is 0.230 e. The molecular formula is C22H28N4OS2. The molecule has 0 bridgehead atoms. The lowest BCUT2D eigenvalue weighted by Gasteiger charge is -2.20. The van der Waals surface area contributed by atoms with Crippen LogP contribution in [0, 0.1) is 13.8 Å². The van der Waals surface area contributed by atoms with Gasteiger partial charge in [0.2, 0.25) is 5.91 Å². The quantitative estimate of drug-likeness (QED) is 0.400. The number of hydrogen-bond donors (Lipinski definition) is 1. The Morgan fingerprint density at radius 3 is 2.59 bits per heavy atom. The molecule has 0 atom stereocenters. The summed E-state index contributed by atoms with van der Waals surface area (Å²) in [6.07, 6.45) is 1.58. The van der Waals surface area contributed by atoms with E-state index in [0.29, 0.717) is 12.3 Å². The summed E-state index contributed by atoms with van der Waals surface area (Å²) in [6.45, 7) is 12.0. The molecule has 0 aliphatic rings. The van der Waals surface area contributed by atoms with Crippen molar-refractivity contribution in [2.75, 3.05) is 18.8 Å². The van der Waals surface area contributed by atoms with Crippen molar-refractivity contribution >= 4 is 39.2 Å². The van der Waals surface area contributed by atoms with E-state index in [0.717, 1.165) is 34.9 Å². The van der Waals surface area contributed by atoms with Gasteiger partial charge in [-0.15, -0.1) is 11.3 Å². The average Bonchev–Trinajstić information content (AvgIpc) is 3.03. The first kappa shape index (κ1) is 21.7. The van der Waals surface area contributed by atoms with E-state index in [-0.39, 0.29) is 5.91 Å². The van der Waals surface area contributed by atoms with E-state index in [2.05, 4.69) is 66.1 Å². The minimum Gasteiger partial charge on any atom is -0.351 e. The zero-order valence-corrected chi connectivity index (χ0v) is 19.1. The van der Waals surface area contributed by atoms with Gasteiger partial charge in [0.05, 0.1) is 5.75 Å². The van der Waals surface area contributed by atoms with Crippen molar-refractivity contribution in [1.82, 2.24) is 20.2 Å². The number of carbonyl (C=O) groups excluding carboxylic acids is 1. The van der Waals surface area contributed by atoms with Gasteiger partial charge in [0.1, 0.15) is 16.2 Å². The number of rotatable bonds is 9. The van der Waals surface area contributed by atoms with Crippen LogP contribution in [-0.4, -0.2) is 39.6 Å². The molecule has 29 heavy (non-hydrogen) atoms. The second-order valence-corrected chi connectivity index (χ2v) is 9.10. The highest BCUT2D eigenvalue weighted by Gasteiger charge is 2.14. The van der Waals surface area contributed by atoms with Gasteiger partial charge in [-0.25, -0.2) is 9.97 Å². The van der Waals surface area contributed by atoms with E-state index >= 15 is 0 Å². The van der Waals surface area contributed by atoms with Crippen molar-refractivity contribution in [3.05, 3.63) is 52.2 Å². The highest BCUT2D eigenvalue weighted by atomic mass is 32.2. The number of thiophene rings is 1. The molecule has 0 spiro atoms. The normalized spacial score (nSPS) is 11.3. The van der Waals surface area contributed by atoms with E-state index in [1.54, 1.807) is 17.7 Å². The molecule has 1 N–H and O–H groups in total. The number of nitrogens with zero attached hydrogens (tertiary/aromatic N) is 3. The zero-order valence-electron chi connectivity index (χ0n) is 17.5. The van der Waals surface area contributed by atoms with Crippen LogP contribution < -0.4 is 5.32 Å². The van der Waals surface area contributed by atoms with Gasteiger partial charge in [-0.05, 0) is 43.6 Å². The van der Waals surface area contributed by atoms with Crippen molar-refractivity contribution < 1.29 is 4.79 Å². The molecule has 154 valence electrons. The molecule has 3 rings (SSSR count). The average molecular weight is 429 g/mol. The maximum Gasteiger partial charge on any atom is 0.230 e. The Morgan fingerprint density at radius 2 is 1.86 bits per heavy atom. The van der Waals surface area contributed by atoms with Gasteiger partial charge >= 0.3 is 0 Å². The van der Waals surface area contributed by atoms with Gasteiger partial charge < -0.3 is 5.32 Å². The van der Waals surface area contributed by atoms with Gasteiger partial charge in [-0.3, -0.25) is 9.69 Å². The van der Waals surface area contributed by atoms with Gasteiger partial charge in [0.25, 0.3) is 0 Å². The minimum absolute atomic E-state index is 0.0176. The van der Waals surface area contributed by atoms with E-state index < -0.39 is 0 Å².